The molecule has 0 fully saturated rings. The number of hydrogen-bond acceptors (Lipinski definition) is 4. The van der Waals surface area contributed by atoms with Crippen LogP contribution in [-0.2, 0) is 0 Å². The Morgan fingerprint density at radius 3 is 2.18 bits per heavy atom. The molecule has 0 saturated heterocycles. The molecule has 2 aliphatic rings. The summed E-state index contributed by atoms with van der Waals surface area (Å²) in [5.74, 6) is -0.683. The van der Waals surface area contributed by atoms with Gasteiger partial charge in [-0.15, -0.1) is 0 Å². The summed E-state index contributed by atoms with van der Waals surface area (Å²) < 4.78 is 25.3. The summed E-state index contributed by atoms with van der Waals surface area (Å²) in [6.07, 6.45) is 6.13. The van der Waals surface area contributed by atoms with Crippen LogP contribution in [0.25, 0.3) is 0 Å². The van der Waals surface area contributed by atoms with Crippen molar-refractivity contribution in [3.63, 3.8) is 0 Å². The van der Waals surface area contributed by atoms with Gasteiger partial charge in [0.15, 0.2) is 0 Å². The third-order valence-electron chi connectivity index (χ3n) is 1.90. The maximum Gasteiger partial charge on any atom is 0.138 e. The SMILES string of the molecule is NC1NC=C(Br)C=C1F.NC1NC=CC=C1F. The van der Waals surface area contributed by atoms with Crippen molar-refractivity contribution >= 4 is 15.9 Å². The molecule has 0 aromatic heterocycles. The lowest BCUT2D eigenvalue weighted by Crippen LogP contribution is -2.36. The van der Waals surface area contributed by atoms with Gasteiger partial charge < -0.3 is 22.1 Å². The predicted octanol–water partition coefficient (Wildman–Crippen LogP) is 1.21. The Morgan fingerprint density at radius 1 is 1.12 bits per heavy atom. The van der Waals surface area contributed by atoms with Crippen LogP contribution in [0.1, 0.15) is 0 Å². The van der Waals surface area contributed by atoms with Crippen molar-refractivity contribution < 1.29 is 8.78 Å². The van der Waals surface area contributed by atoms with Crippen molar-refractivity contribution in [2.45, 2.75) is 12.3 Å². The fraction of sp³-hybridized carbons (Fsp3) is 0.200. The average Bonchev–Trinajstić information content (AvgIpc) is 2.29. The molecule has 0 spiro atoms. The van der Waals surface area contributed by atoms with E-state index in [0.29, 0.717) is 4.48 Å². The van der Waals surface area contributed by atoms with Crippen LogP contribution < -0.4 is 22.1 Å². The molecule has 0 saturated carbocycles. The van der Waals surface area contributed by atoms with Crippen LogP contribution in [0.2, 0.25) is 0 Å². The highest BCUT2D eigenvalue weighted by atomic mass is 79.9. The van der Waals surface area contributed by atoms with Gasteiger partial charge in [-0.3, -0.25) is 0 Å². The van der Waals surface area contributed by atoms with E-state index in [4.69, 9.17) is 11.5 Å². The number of halogens is 3. The number of dihydropyridines is 2. The van der Waals surface area contributed by atoms with E-state index >= 15 is 0 Å². The van der Waals surface area contributed by atoms with Crippen LogP contribution in [0.4, 0.5) is 8.78 Å². The van der Waals surface area contributed by atoms with Crippen molar-refractivity contribution in [3.8, 4) is 0 Å². The van der Waals surface area contributed by atoms with Crippen LogP contribution >= 0.6 is 15.9 Å². The van der Waals surface area contributed by atoms with Crippen LogP contribution in [0.5, 0.6) is 0 Å². The van der Waals surface area contributed by atoms with Crippen molar-refractivity contribution in [2.75, 3.05) is 0 Å². The molecule has 6 N–H and O–H groups in total. The van der Waals surface area contributed by atoms with Crippen LogP contribution in [0.3, 0.4) is 0 Å². The maximum absolute atomic E-state index is 12.4. The Hall–Kier alpha value is -1.18. The molecule has 17 heavy (non-hydrogen) atoms. The summed E-state index contributed by atoms with van der Waals surface area (Å²) in [4.78, 5) is 0. The second-order valence-corrected chi connectivity index (χ2v) is 4.17. The maximum atomic E-state index is 12.4. The lowest BCUT2D eigenvalue weighted by atomic mass is 10.3. The zero-order valence-electron chi connectivity index (χ0n) is 8.83. The Labute approximate surface area is 106 Å². The lowest BCUT2D eigenvalue weighted by molar-refractivity contribution is 0.506. The van der Waals surface area contributed by atoms with Crippen molar-refractivity contribution in [2.24, 2.45) is 11.5 Å². The van der Waals surface area contributed by atoms with Gasteiger partial charge in [0.2, 0.25) is 0 Å². The fourth-order valence-electron chi connectivity index (χ4n) is 0.995. The molecule has 2 unspecified atom stereocenters. The number of rotatable bonds is 0. The second kappa shape index (κ2) is 6.53. The van der Waals surface area contributed by atoms with E-state index < -0.39 is 12.3 Å². The smallest absolute Gasteiger partial charge is 0.138 e. The van der Waals surface area contributed by atoms with E-state index in [1.165, 1.54) is 12.2 Å². The zero-order valence-corrected chi connectivity index (χ0v) is 10.4. The normalized spacial score (nSPS) is 26.5. The minimum atomic E-state index is -0.675. The van der Waals surface area contributed by atoms with Crippen molar-refractivity contribution in [1.82, 2.24) is 10.6 Å². The number of nitrogens with two attached hydrogens (primary N) is 2. The molecule has 2 heterocycles. The zero-order chi connectivity index (χ0) is 12.8. The molecule has 7 heteroatoms. The van der Waals surface area contributed by atoms with E-state index in [0.717, 1.165) is 0 Å². The predicted molar refractivity (Wildman–Crippen MR) is 66.8 cm³/mol. The Bertz CT molecular complexity index is 390. The first-order valence-electron chi connectivity index (χ1n) is 4.79. The van der Waals surface area contributed by atoms with Gasteiger partial charge in [0, 0.05) is 10.7 Å². The fourth-order valence-corrected chi connectivity index (χ4v) is 1.35. The van der Waals surface area contributed by atoms with Gasteiger partial charge in [0.05, 0.1) is 0 Å². The monoisotopic (exact) mass is 306 g/mol. The molecule has 0 aliphatic carbocycles. The van der Waals surface area contributed by atoms with E-state index in [2.05, 4.69) is 26.6 Å². The van der Waals surface area contributed by atoms with Gasteiger partial charge in [-0.2, -0.15) is 0 Å². The first-order valence-corrected chi connectivity index (χ1v) is 5.58. The van der Waals surface area contributed by atoms with Gasteiger partial charge in [-0.05, 0) is 40.4 Å². The van der Waals surface area contributed by atoms with Gasteiger partial charge in [-0.1, -0.05) is 0 Å². The van der Waals surface area contributed by atoms with Crippen LogP contribution in [-0.4, -0.2) is 12.3 Å². The average molecular weight is 307 g/mol. The molecule has 0 aromatic rings. The third-order valence-corrected chi connectivity index (χ3v) is 2.36. The largest absolute Gasteiger partial charge is 0.370 e. The molecule has 4 nitrogen and oxygen atoms in total. The van der Waals surface area contributed by atoms with E-state index in [1.807, 2.05) is 0 Å². The summed E-state index contributed by atoms with van der Waals surface area (Å²) in [5, 5.41) is 5.19. The van der Waals surface area contributed by atoms with Gasteiger partial charge >= 0.3 is 0 Å². The molecular formula is C10H13BrF2N4. The number of allylic oxidation sites excluding steroid dienone is 4. The number of hydrogen-bond donors (Lipinski definition) is 4. The molecule has 0 bridgehead atoms. The standard InChI is InChI=1S/C5H6BrFN2.C5H7FN2/c6-3-1-4(7)5(8)9-2-3;6-4-2-1-3-8-5(4)7/h1-2,5,9H,8H2;1-3,5,8H,7H2. The first-order chi connectivity index (χ1) is 8.00. The van der Waals surface area contributed by atoms with Crippen molar-refractivity contribution in [3.05, 3.63) is 46.8 Å². The first kappa shape index (κ1) is 13.9. The molecule has 0 aromatic carbocycles. The minimum Gasteiger partial charge on any atom is -0.370 e. The molecule has 0 amide bonds. The Morgan fingerprint density at radius 2 is 1.76 bits per heavy atom. The summed E-state index contributed by atoms with van der Waals surface area (Å²) in [6.45, 7) is 0. The quantitative estimate of drug-likeness (QED) is 0.542. The highest BCUT2D eigenvalue weighted by Gasteiger charge is 2.10. The summed E-state index contributed by atoms with van der Waals surface area (Å²) in [5.41, 5.74) is 10.4. The molecular weight excluding hydrogens is 294 g/mol. The van der Waals surface area contributed by atoms with Crippen molar-refractivity contribution in [1.29, 1.82) is 0 Å². The summed E-state index contributed by atoms with van der Waals surface area (Å²) in [7, 11) is 0. The van der Waals surface area contributed by atoms with Gasteiger partial charge in [0.25, 0.3) is 0 Å². The topological polar surface area (TPSA) is 76.1 Å². The molecule has 2 rings (SSSR count). The van der Waals surface area contributed by atoms with Crippen LogP contribution in [0.15, 0.2) is 46.8 Å². The lowest BCUT2D eigenvalue weighted by Gasteiger charge is -2.13. The Kier molecular flexibility index (Phi) is 5.33. The molecule has 0 radical (unpaired) electrons. The number of nitrogens with one attached hydrogen (secondary N) is 2. The summed E-state index contributed by atoms with van der Waals surface area (Å²) >= 11 is 3.08. The third kappa shape index (κ3) is 4.68. The minimum absolute atomic E-state index is 0.326. The van der Waals surface area contributed by atoms with E-state index in [1.54, 1.807) is 18.5 Å². The van der Waals surface area contributed by atoms with Gasteiger partial charge in [0.1, 0.15) is 24.0 Å². The highest BCUT2D eigenvalue weighted by molar-refractivity contribution is 9.11. The summed E-state index contributed by atoms with van der Waals surface area (Å²) in [6, 6.07) is 0. The van der Waals surface area contributed by atoms with E-state index in [-0.39, 0.29) is 11.7 Å². The second-order valence-electron chi connectivity index (χ2n) is 3.26. The molecule has 94 valence electrons. The molecule has 2 aliphatic heterocycles. The highest BCUT2D eigenvalue weighted by Crippen LogP contribution is 2.14. The Balaban J connectivity index is 0.000000171. The van der Waals surface area contributed by atoms with E-state index in [9.17, 15) is 8.78 Å². The van der Waals surface area contributed by atoms with Gasteiger partial charge in [-0.25, -0.2) is 8.78 Å². The van der Waals surface area contributed by atoms with Crippen LogP contribution in [0, 0.1) is 0 Å². The molecule has 2 atom stereocenters.